The van der Waals surface area contributed by atoms with Crippen molar-refractivity contribution >= 4 is 63.8 Å². The van der Waals surface area contributed by atoms with Crippen LogP contribution in [0, 0.1) is 0 Å². The lowest BCUT2D eigenvalue weighted by Gasteiger charge is -2.25. The van der Waals surface area contributed by atoms with E-state index in [9.17, 15) is 4.79 Å². The van der Waals surface area contributed by atoms with Crippen molar-refractivity contribution in [3.63, 3.8) is 0 Å². The Balaban J connectivity index is 0.00000245. The van der Waals surface area contributed by atoms with Crippen LogP contribution in [0.2, 0.25) is 10.0 Å². The molecule has 168 valence electrons. The molecule has 5 rings (SSSR count). The molecule has 0 aliphatic carbocycles. The smallest absolute Gasteiger partial charge is 0.258 e. The number of pyridine rings is 1. The number of carbonyl (C=O) groups is 1. The molecule has 32 heavy (non-hydrogen) atoms. The van der Waals surface area contributed by atoms with E-state index in [0.717, 1.165) is 61.2 Å². The van der Waals surface area contributed by atoms with Gasteiger partial charge >= 0.3 is 0 Å². The molecule has 1 amide bonds. The molecule has 0 N–H and O–H groups in total. The van der Waals surface area contributed by atoms with Gasteiger partial charge in [-0.15, -0.1) is 12.4 Å². The fourth-order valence-electron chi connectivity index (χ4n) is 4.57. The summed E-state index contributed by atoms with van der Waals surface area (Å²) in [5.41, 5.74) is 4.84. The summed E-state index contributed by atoms with van der Waals surface area (Å²) in [4.78, 5) is 24.6. The predicted octanol–water partition coefficient (Wildman–Crippen LogP) is 5.31. The second-order valence-corrected chi connectivity index (χ2v) is 9.12. The molecule has 0 saturated carbocycles. The number of nitrogens with zero attached hydrogens (tertiary/aromatic N) is 4. The molecule has 2 aromatic carbocycles. The zero-order chi connectivity index (χ0) is 21.5. The number of likely N-dealkylation sites (N-methyl/N-ethyl adjacent to an activating group) is 1. The molecule has 2 aliphatic rings. The third kappa shape index (κ3) is 4.27. The number of rotatable bonds is 2. The Morgan fingerprint density at radius 2 is 1.78 bits per heavy atom. The quantitative estimate of drug-likeness (QED) is 0.487. The number of halogens is 3. The third-order valence-corrected chi connectivity index (χ3v) is 7.03. The number of benzene rings is 2. The van der Waals surface area contributed by atoms with Crippen molar-refractivity contribution in [2.75, 3.05) is 49.6 Å². The van der Waals surface area contributed by atoms with Crippen LogP contribution in [0.1, 0.15) is 22.3 Å². The van der Waals surface area contributed by atoms with Crippen molar-refractivity contribution in [3.8, 4) is 0 Å². The minimum atomic E-state index is -0.0569. The summed E-state index contributed by atoms with van der Waals surface area (Å²) in [6.45, 7) is 4.80. The van der Waals surface area contributed by atoms with E-state index in [1.165, 1.54) is 5.69 Å². The van der Waals surface area contributed by atoms with Crippen molar-refractivity contribution in [2.45, 2.75) is 12.8 Å². The molecule has 3 aromatic rings. The highest BCUT2D eigenvalue weighted by atomic mass is 35.5. The van der Waals surface area contributed by atoms with E-state index in [-0.39, 0.29) is 18.3 Å². The van der Waals surface area contributed by atoms with Gasteiger partial charge in [-0.05, 0) is 68.4 Å². The van der Waals surface area contributed by atoms with E-state index in [0.29, 0.717) is 22.2 Å². The first kappa shape index (κ1) is 23.1. The lowest BCUT2D eigenvalue weighted by Crippen LogP contribution is -2.29. The summed E-state index contributed by atoms with van der Waals surface area (Å²) in [6, 6.07) is 11.4. The predicted molar refractivity (Wildman–Crippen MR) is 135 cm³/mol. The van der Waals surface area contributed by atoms with Gasteiger partial charge in [-0.3, -0.25) is 9.78 Å². The minimum Gasteiger partial charge on any atom is -0.370 e. The van der Waals surface area contributed by atoms with Gasteiger partial charge in [0.05, 0.1) is 15.6 Å². The Hall–Kier alpha value is -2.05. The molecule has 1 fully saturated rings. The van der Waals surface area contributed by atoms with Crippen LogP contribution >= 0.6 is 35.6 Å². The number of hydrogen-bond acceptors (Lipinski definition) is 4. The maximum absolute atomic E-state index is 13.3. The summed E-state index contributed by atoms with van der Waals surface area (Å²) < 4.78 is 0. The van der Waals surface area contributed by atoms with Crippen LogP contribution in [0.15, 0.2) is 42.6 Å². The van der Waals surface area contributed by atoms with E-state index in [4.69, 9.17) is 23.2 Å². The average Bonchev–Trinajstić information content (AvgIpc) is 3.05. The molecular formula is C24H25Cl3N4O. The zero-order valence-electron chi connectivity index (χ0n) is 17.9. The Labute approximate surface area is 204 Å². The van der Waals surface area contributed by atoms with Gasteiger partial charge in [0.1, 0.15) is 0 Å². The largest absolute Gasteiger partial charge is 0.370 e. The topological polar surface area (TPSA) is 39.7 Å². The number of aromatic nitrogens is 1. The minimum absolute atomic E-state index is 0. The molecule has 0 bridgehead atoms. The maximum atomic E-state index is 13.3. The van der Waals surface area contributed by atoms with E-state index in [1.807, 2.05) is 11.1 Å². The van der Waals surface area contributed by atoms with Crippen molar-refractivity contribution in [1.29, 1.82) is 0 Å². The number of hydrogen-bond donors (Lipinski definition) is 0. The van der Waals surface area contributed by atoms with Crippen LogP contribution in [-0.2, 0) is 6.42 Å². The second kappa shape index (κ2) is 9.44. The number of anilines is 2. The Morgan fingerprint density at radius 1 is 0.938 bits per heavy atom. The zero-order valence-corrected chi connectivity index (χ0v) is 20.2. The van der Waals surface area contributed by atoms with Crippen LogP contribution in [0.25, 0.3) is 10.9 Å². The summed E-state index contributed by atoms with van der Waals surface area (Å²) in [5.74, 6) is -0.0569. The van der Waals surface area contributed by atoms with Gasteiger partial charge in [0, 0.05) is 54.7 Å². The Kier molecular flexibility index (Phi) is 6.82. The summed E-state index contributed by atoms with van der Waals surface area (Å²) in [6.07, 6.45) is 3.85. The lowest BCUT2D eigenvalue weighted by atomic mass is 10.1. The first-order chi connectivity index (χ1) is 15.0. The summed E-state index contributed by atoms with van der Waals surface area (Å²) in [5, 5.41) is 1.94. The molecule has 1 aromatic heterocycles. The van der Waals surface area contributed by atoms with Gasteiger partial charge in [-0.1, -0.05) is 23.2 Å². The molecule has 5 nitrogen and oxygen atoms in total. The Morgan fingerprint density at radius 3 is 2.59 bits per heavy atom. The van der Waals surface area contributed by atoms with Gasteiger partial charge < -0.3 is 14.7 Å². The summed E-state index contributed by atoms with van der Waals surface area (Å²) in [7, 11) is 2.17. The highest BCUT2D eigenvalue weighted by Gasteiger charge is 2.27. The van der Waals surface area contributed by atoms with E-state index in [1.54, 1.807) is 18.2 Å². The maximum Gasteiger partial charge on any atom is 0.258 e. The molecule has 0 unspecified atom stereocenters. The van der Waals surface area contributed by atoms with Crippen LogP contribution in [0.4, 0.5) is 11.4 Å². The normalized spacial score (nSPS) is 16.6. The average molecular weight is 492 g/mol. The van der Waals surface area contributed by atoms with Gasteiger partial charge in [0.25, 0.3) is 5.91 Å². The standard InChI is InChI=1S/C24H24Cl2N4O.ClH/c1-28-8-2-9-29(12-11-28)22-5-7-27-21-14-16-6-10-30(23(16)15-18(21)22)24(31)17-3-4-19(25)20(26)13-17;/h3-5,7,13-15H,2,6,8-12H2,1H3;1H. The Bertz CT molecular complexity index is 1170. The van der Waals surface area contributed by atoms with Gasteiger partial charge in [-0.2, -0.15) is 0 Å². The number of carbonyl (C=O) groups excluding carboxylic acids is 1. The third-order valence-electron chi connectivity index (χ3n) is 6.29. The lowest BCUT2D eigenvalue weighted by molar-refractivity contribution is 0.0989. The molecule has 0 atom stereocenters. The van der Waals surface area contributed by atoms with Crippen LogP contribution in [0.5, 0.6) is 0 Å². The fourth-order valence-corrected chi connectivity index (χ4v) is 4.87. The van der Waals surface area contributed by atoms with Gasteiger partial charge in [-0.25, -0.2) is 0 Å². The van der Waals surface area contributed by atoms with Crippen molar-refractivity contribution in [3.05, 3.63) is 63.8 Å². The molecule has 3 heterocycles. The highest BCUT2D eigenvalue weighted by Crippen LogP contribution is 2.37. The van der Waals surface area contributed by atoms with Gasteiger partial charge in [0.15, 0.2) is 0 Å². The molecule has 8 heteroatoms. The van der Waals surface area contributed by atoms with Crippen molar-refractivity contribution in [1.82, 2.24) is 9.88 Å². The van der Waals surface area contributed by atoms with Gasteiger partial charge in [0.2, 0.25) is 0 Å². The molecule has 2 aliphatic heterocycles. The molecule has 0 spiro atoms. The van der Waals surface area contributed by atoms with E-state index >= 15 is 0 Å². The van der Waals surface area contributed by atoms with Crippen LogP contribution in [0.3, 0.4) is 0 Å². The van der Waals surface area contributed by atoms with Crippen molar-refractivity contribution in [2.24, 2.45) is 0 Å². The first-order valence-electron chi connectivity index (χ1n) is 10.6. The monoisotopic (exact) mass is 490 g/mol. The molecule has 1 saturated heterocycles. The SMILES string of the molecule is CN1CCCN(c2ccnc3cc4c(cc23)N(C(=O)c2ccc(Cl)c(Cl)c2)CC4)CC1.Cl. The van der Waals surface area contributed by atoms with E-state index < -0.39 is 0 Å². The summed E-state index contributed by atoms with van der Waals surface area (Å²) >= 11 is 12.2. The van der Waals surface area contributed by atoms with Crippen LogP contribution < -0.4 is 9.80 Å². The van der Waals surface area contributed by atoms with Crippen molar-refractivity contribution < 1.29 is 4.79 Å². The molecule has 0 radical (unpaired) electrons. The van der Waals surface area contributed by atoms with Crippen LogP contribution in [-0.4, -0.2) is 55.6 Å². The molecular weight excluding hydrogens is 467 g/mol. The number of amides is 1. The van der Waals surface area contributed by atoms with E-state index in [2.05, 4.69) is 40.0 Å². The first-order valence-corrected chi connectivity index (χ1v) is 11.4. The second-order valence-electron chi connectivity index (χ2n) is 8.31. The number of fused-ring (bicyclic) bond motifs is 2. The fraction of sp³-hybridized carbons (Fsp3) is 0.333. The highest BCUT2D eigenvalue weighted by molar-refractivity contribution is 6.42.